The van der Waals surface area contributed by atoms with Crippen molar-refractivity contribution < 1.29 is 14.3 Å². The molecule has 19 heavy (non-hydrogen) atoms. The first-order chi connectivity index (χ1) is 9.19. The molecule has 1 saturated carbocycles. The van der Waals surface area contributed by atoms with E-state index in [-0.39, 0.29) is 12.0 Å². The maximum absolute atomic E-state index is 11.1. The minimum atomic E-state index is -0.770. The van der Waals surface area contributed by atoms with Gasteiger partial charge in [0.1, 0.15) is 11.4 Å². The second kappa shape index (κ2) is 4.57. The van der Waals surface area contributed by atoms with Gasteiger partial charge in [-0.2, -0.15) is 0 Å². The SMILES string of the molecule is O=C(O)CC1(Nc2nccc3occc23)CCCC1. The average Bonchev–Trinajstić information content (AvgIpc) is 2.98. The van der Waals surface area contributed by atoms with E-state index in [0.29, 0.717) is 0 Å². The van der Waals surface area contributed by atoms with Crippen molar-refractivity contribution in [1.82, 2.24) is 4.98 Å². The summed E-state index contributed by atoms with van der Waals surface area (Å²) in [4.78, 5) is 15.4. The van der Waals surface area contributed by atoms with E-state index in [2.05, 4.69) is 10.3 Å². The molecule has 2 heterocycles. The van der Waals surface area contributed by atoms with Gasteiger partial charge in [-0.1, -0.05) is 12.8 Å². The molecule has 1 aliphatic carbocycles. The van der Waals surface area contributed by atoms with Crippen LogP contribution in [0.4, 0.5) is 5.82 Å². The van der Waals surface area contributed by atoms with E-state index in [1.54, 1.807) is 18.5 Å². The number of carbonyl (C=O) groups is 1. The van der Waals surface area contributed by atoms with Crippen LogP contribution in [0.1, 0.15) is 32.1 Å². The Morgan fingerprint density at radius 1 is 1.42 bits per heavy atom. The Hall–Kier alpha value is -2.04. The summed E-state index contributed by atoms with van der Waals surface area (Å²) in [6.45, 7) is 0. The number of hydrogen-bond acceptors (Lipinski definition) is 4. The van der Waals surface area contributed by atoms with E-state index in [9.17, 15) is 4.79 Å². The van der Waals surface area contributed by atoms with Gasteiger partial charge >= 0.3 is 5.97 Å². The molecule has 0 aromatic carbocycles. The third-order valence-corrected chi connectivity index (χ3v) is 3.81. The molecule has 0 unspecified atom stereocenters. The van der Waals surface area contributed by atoms with E-state index < -0.39 is 5.97 Å². The molecule has 100 valence electrons. The van der Waals surface area contributed by atoms with Gasteiger partial charge in [-0.25, -0.2) is 4.98 Å². The van der Waals surface area contributed by atoms with Crippen LogP contribution >= 0.6 is 0 Å². The van der Waals surface area contributed by atoms with Crippen LogP contribution in [0.5, 0.6) is 0 Å². The monoisotopic (exact) mass is 260 g/mol. The van der Waals surface area contributed by atoms with Crippen molar-refractivity contribution in [3.05, 3.63) is 24.6 Å². The molecule has 0 bridgehead atoms. The maximum atomic E-state index is 11.1. The number of pyridine rings is 1. The van der Waals surface area contributed by atoms with Gasteiger partial charge in [-0.15, -0.1) is 0 Å². The van der Waals surface area contributed by atoms with E-state index in [1.807, 2.05) is 6.07 Å². The van der Waals surface area contributed by atoms with Crippen molar-refractivity contribution in [3.8, 4) is 0 Å². The molecular formula is C14H16N2O3. The number of aromatic nitrogens is 1. The van der Waals surface area contributed by atoms with Crippen LogP contribution < -0.4 is 5.32 Å². The summed E-state index contributed by atoms with van der Waals surface area (Å²) in [7, 11) is 0. The molecule has 0 radical (unpaired) electrons. The number of nitrogens with one attached hydrogen (secondary N) is 1. The lowest BCUT2D eigenvalue weighted by Gasteiger charge is -2.29. The van der Waals surface area contributed by atoms with Crippen molar-refractivity contribution in [2.45, 2.75) is 37.6 Å². The molecule has 1 aliphatic rings. The molecular weight excluding hydrogens is 244 g/mol. The number of carboxylic acid groups (broad SMARTS) is 1. The molecule has 1 fully saturated rings. The van der Waals surface area contributed by atoms with Gasteiger partial charge in [0.2, 0.25) is 0 Å². The first-order valence-electron chi connectivity index (χ1n) is 6.51. The summed E-state index contributed by atoms with van der Waals surface area (Å²) in [5.74, 6) is -0.0526. The summed E-state index contributed by atoms with van der Waals surface area (Å²) in [5.41, 5.74) is 0.394. The van der Waals surface area contributed by atoms with E-state index in [1.165, 1.54) is 0 Å². The fourth-order valence-corrected chi connectivity index (χ4v) is 2.93. The number of rotatable bonds is 4. The Balaban J connectivity index is 1.93. The fraction of sp³-hybridized carbons (Fsp3) is 0.429. The molecule has 5 nitrogen and oxygen atoms in total. The van der Waals surface area contributed by atoms with Crippen LogP contribution in [0.2, 0.25) is 0 Å². The molecule has 0 saturated heterocycles. The smallest absolute Gasteiger partial charge is 0.305 e. The van der Waals surface area contributed by atoms with Gasteiger partial charge in [-0.3, -0.25) is 4.79 Å². The van der Waals surface area contributed by atoms with Crippen molar-refractivity contribution in [2.75, 3.05) is 5.32 Å². The summed E-state index contributed by atoms with van der Waals surface area (Å²) >= 11 is 0. The lowest BCUT2D eigenvalue weighted by atomic mass is 9.93. The van der Waals surface area contributed by atoms with Gasteiger partial charge in [0.15, 0.2) is 0 Å². The van der Waals surface area contributed by atoms with Gasteiger partial charge in [0.05, 0.1) is 18.1 Å². The average molecular weight is 260 g/mol. The van der Waals surface area contributed by atoms with E-state index in [0.717, 1.165) is 42.5 Å². The molecule has 0 atom stereocenters. The first kappa shape index (κ1) is 12.0. The maximum Gasteiger partial charge on any atom is 0.305 e. The van der Waals surface area contributed by atoms with E-state index >= 15 is 0 Å². The molecule has 0 aliphatic heterocycles. The lowest BCUT2D eigenvalue weighted by Crippen LogP contribution is -2.37. The Labute approximate surface area is 110 Å². The highest BCUT2D eigenvalue weighted by Crippen LogP contribution is 2.37. The van der Waals surface area contributed by atoms with Gasteiger partial charge < -0.3 is 14.8 Å². The normalized spacial score (nSPS) is 17.7. The Bertz CT molecular complexity index is 600. The number of hydrogen-bond donors (Lipinski definition) is 2. The standard InChI is InChI=1S/C14H16N2O3/c17-12(18)9-14(5-1-2-6-14)16-13-10-4-8-19-11(10)3-7-15-13/h3-4,7-8H,1-2,5-6,9H2,(H,15,16)(H,17,18). The summed E-state index contributed by atoms with van der Waals surface area (Å²) < 4.78 is 5.34. The third kappa shape index (κ3) is 2.28. The predicted octanol–water partition coefficient (Wildman–Crippen LogP) is 3.03. The fourth-order valence-electron chi connectivity index (χ4n) is 2.93. The Morgan fingerprint density at radius 2 is 2.21 bits per heavy atom. The molecule has 3 rings (SSSR count). The summed E-state index contributed by atoms with van der Waals surface area (Å²) in [6, 6.07) is 3.66. The zero-order chi connectivity index (χ0) is 13.3. The lowest BCUT2D eigenvalue weighted by molar-refractivity contribution is -0.138. The minimum Gasteiger partial charge on any atom is -0.481 e. The zero-order valence-electron chi connectivity index (χ0n) is 10.6. The second-order valence-corrected chi connectivity index (χ2v) is 5.17. The number of carboxylic acids is 1. The summed E-state index contributed by atoms with van der Waals surface area (Å²) in [6.07, 6.45) is 7.28. The van der Waals surface area contributed by atoms with Crippen molar-refractivity contribution >= 4 is 22.8 Å². The van der Waals surface area contributed by atoms with E-state index in [4.69, 9.17) is 9.52 Å². The quantitative estimate of drug-likeness (QED) is 0.883. The van der Waals surface area contributed by atoms with Gasteiger partial charge in [-0.05, 0) is 25.0 Å². The molecule has 2 aromatic rings. The topological polar surface area (TPSA) is 75.4 Å². The number of nitrogens with zero attached hydrogens (tertiary/aromatic N) is 1. The van der Waals surface area contributed by atoms with Crippen molar-refractivity contribution in [1.29, 1.82) is 0 Å². The van der Waals surface area contributed by atoms with Crippen molar-refractivity contribution in [2.24, 2.45) is 0 Å². The number of anilines is 1. The second-order valence-electron chi connectivity index (χ2n) is 5.17. The van der Waals surface area contributed by atoms with Crippen LogP contribution in [-0.4, -0.2) is 21.6 Å². The highest BCUT2D eigenvalue weighted by atomic mass is 16.4. The zero-order valence-corrected chi connectivity index (χ0v) is 10.6. The van der Waals surface area contributed by atoms with Gasteiger partial charge in [0, 0.05) is 11.7 Å². The number of furan rings is 1. The minimum absolute atomic E-state index is 0.128. The molecule has 2 N–H and O–H groups in total. The Kier molecular flexibility index (Phi) is 2.89. The number of fused-ring (bicyclic) bond motifs is 1. The third-order valence-electron chi connectivity index (χ3n) is 3.81. The van der Waals surface area contributed by atoms with Crippen LogP contribution in [0.25, 0.3) is 11.0 Å². The molecule has 2 aromatic heterocycles. The van der Waals surface area contributed by atoms with Crippen LogP contribution in [0.15, 0.2) is 29.0 Å². The molecule has 0 amide bonds. The molecule has 5 heteroatoms. The molecule has 0 spiro atoms. The predicted molar refractivity (Wildman–Crippen MR) is 71.1 cm³/mol. The Morgan fingerprint density at radius 3 is 2.95 bits per heavy atom. The van der Waals surface area contributed by atoms with Crippen LogP contribution in [0.3, 0.4) is 0 Å². The highest BCUT2D eigenvalue weighted by molar-refractivity contribution is 5.88. The highest BCUT2D eigenvalue weighted by Gasteiger charge is 2.36. The van der Waals surface area contributed by atoms with Gasteiger partial charge in [0.25, 0.3) is 0 Å². The summed E-state index contributed by atoms with van der Waals surface area (Å²) in [5, 5.41) is 13.4. The number of aliphatic carboxylic acids is 1. The van der Waals surface area contributed by atoms with Crippen LogP contribution in [0, 0.1) is 0 Å². The first-order valence-corrected chi connectivity index (χ1v) is 6.51. The largest absolute Gasteiger partial charge is 0.481 e. The van der Waals surface area contributed by atoms with Crippen molar-refractivity contribution in [3.63, 3.8) is 0 Å². The van der Waals surface area contributed by atoms with Crippen LogP contribution in [-0.2, 0) is 4.79 Å².